The van der Waals surface area contributed by atoms with Crippen molar-refractivity contribution in [3.05, 3.63) is 132 Å². The summed E-state index contributed by atoms with van der Waals surface area (Å²) in [5, 5.41) is 57.3. The number of carbonyl (C=O) groups is 14. The van der Waals surface area contributed by atoms with Crippen molar-refractivity contribution in [2.24, 2.45) is 56.4 Å². The van der Waals surface area contributed by atoms with Gasteiger partial charge in [-0.1, -0.05) is 0 Å². The van der Waals surface area contributed by atoms with Crippen LogP contribution in [0.4, 0.5) is 40.1 Å². The molecular formula is C65H80N24O17. The van der Waals surface area contributed by atoms with Crippen LogP contribution in [-0.4, -0.2) is 225 Å². The quantitative estimate of drug-likeness (QED) is 0.0227. The molecule has 8 aromatic rings. The average molecular weight is 1470 g/mol. The van der Waals surface area contributed by atoms with Gasteiger partial charge in [0.15, 0.2) is 17.5 Å². The van der Waals surface area contributed by atoms with E-state index in [2.05, 4.69) is 73.4 Å². The van der Waals surface area contributed by atoms with Crippen LogP contribution in [0.1, 0.15) is 110 Å². The maximum atomic E-state index is 13.5. The molecule has 0 aliphatic heterocycles. The Morgan fingerprint density at radius 3 is 1.23 bits per heavy atom. The Morgan fingerprint density at radius 1 is 0.406 bits per heavy atom. The molecule has 0 aromatic carbocycles. The molecule has 0 saturated carbocycles. The van der Waals surface area contributed by atoms with Crippen molar-refractivity contribution in [3.63, 3.8) is 0 Å². The lowest BCUT2D eigenvalue weighted by Crippen LogP contribution is -2.51. The van der Waals surface area contributed by atoms with Crippen LogP contribution in [0.2, 0.25) is 0 Å². The lowest BCUT2D eigenvalue weighted by atomic mass is 10.1. The number of hydrogen-bond acceptors (Lipinski definition) is 19. The summed E-state index contributed by atoms with van der Waals surface area (Å²) in [6, 6.07) is 6.21. The van der Waals surface area contributed by atoms with Gasteiger partial charge in [-0.2, -0.15) is 0 Å². The van der Waals surface area contributed by atoms with E-state index in [1.165, 1.54) is 124 Å². The van der Waals surface area contributed by atoms with Crippen LogP contribution in [0.25, 0.3) is 0 Å². The minimum Gasteiger partial charge on any atom is -0.480 e. The second-order valence-electron chi connectivity index (χ2n) is 24.4. The van der Waals surface area contributed by atoms with E-state index >= 15 is 0 Å². The SMILES string of the molecule is CNC(CCNC(=O)CCNC(=O)c1cc(NC(=O)c2cc(NC(=O)c3nc(NC(=O)c4cc(NC(=O)CCCNC(=O)c5cc(NC(=O)c6cc(NC(=O)c7nc(NC(=O)c8nccn8C)cn7C)cn6C)cn5C)cn4C)cn3C)cn2C)cn1C)C(=O)N(CCN(CC(=O)O)CC(=O)O)CC(=O)O. The normalized spacial score (nSPS) is 11.3. The Morgan fingerprint density at radius 2 is 0.802 bits per heavy atom. The zero-order chi connectivity index (χ0) is 77.4. The Bertz CT molecular complexity index is 4690. The number of hydrogen-bond donors (Lipinski definition) is 14. The molecule has 0 saturated heterocycles. The molecule has 562 valence electrons. The fourth-order valence-corrected chi connectivity index (χ4v) is 11.0. The number of imidazole rings is 3. The number of nitrogens with zero attached hydrogens (tertiary/aromatic N) is 13. The number of carbonyl (C=O) groups excluding carboxylic acids is 11. The fourth-order valence-electron chi connectivity index (χ4n) is 11.0. The highest BCUT2D eigenvalue weighted by molar-refractivity contribution is 6.10. The summed E-state index contributed by atoms with van der Waals surface area (Å²) in [6.45, 7) is -2.63. The zero-order valence-corrected chi connectivity index (χ0v) is 59.0. The van der Waals surface area contributed by atoms with Gasteiger partial charge in [-0.25, -0.2) is 15.0 Å². The molecule has 0 aliphatic rings. The molecule has 41 heteroatoms. The molecule has 8 aromatic heterocycles. The minimum atomic E-state index is -1.36. The number of aryl methyl sites for hydroxylation is 8. The predicted molar refractivity (Wildman–Crippen MR) is 378 cm³/mol. The molecule has 0 spiro atoms. The van der Waals surface area contributed by atoms with Crippen molar-refractivity contribution in [3.8, 4) is 0 Å². The summed E-state index contributed by atoms with van der Waals surface area (Å²) in [5.41, 5.74) is 2.08. The van der Waals surface area contributed by atoms with Crippen molar-refractivity contribution < 1.29 is 82.4 Å². The van der Waals surface area contributed by atoms with E-state index in [0.717, 1.165) is 9.80 Å². The summed E-state index contributed by atoms with van der Waals surface area (Å²) in [5.74, 6) is -10.0. The van der Waals surface area contributed by atoms with Crippen molar-refractivity contribution in [2.75, 3.05) is 96.6 Å². The monoisotopic (exact) mass is 1470 g/mol. The number of nitrogens with one attached hydrogen (secondary N) is 11. The van der Waals surface area contributed by atoms with Crippen LogP contribution >= 0.6 is 0 Å². The molecule has 106 heavy (non-hydrogen) atoms. The highest BCUT2D eigenvalue weighted by Crippen LogP contribution is 2.23. The molecular weight excluding hydrogens is 1390 g/mol. The molecule has 8 rings (SSSR count). The second kappa shape index (κ2) is 34.9. The van der Waals surface area contributed by atoms with E-state index < -0.39 is 109 Å². The zero-order valence-electron chi connectivity index (χ0n) is 59.0. The summed E-state index contributed by atoms with van der Waals surface area (Å²) in [7, 11) is 14.2. The van der Waals surface area contributed by atoms with Crippen LogP contribution < -0.4 is 58.5 Å². The van der Waals surface area contributed by atoms with Gasteiger partial charge in [-0.3, -0.25) is 72.0 Å². The fraction of sp³-hybridized carbons (Fsp3) is 0.338. The number of aromatic nitrogens is 11. The van der Waals surface area contributed by atoms with E-state index in [9.17, 15) is 72.2 Å². The van der Waals surface area contributed by atoms with E-state index in [1.807, 2.05) is 0 Å². The highest BCUT2D eigenvalue weighted by Gasteiger charge is 2.28. The third-order valence-electron chi connectivity index (χ3n) is 16.1. The Kier molecular flexibility index (Phi) is 25.8. The van der Waals surface area contributed by atoms with Gasteiger partial charge in [-0.05, 0) is 50.2 Å². The topological polar surface area (TPSA) is 517 Å². The summed E-state index contributed by atoms with van der Waals surface area (Å²) in [6.07, 6.45) is 13.6. The number of amides is 11. The summed E-state index contributed by atoms with van der Waals surface area (Å²) in [4.78, 5) is 194. The first-order valence-electron chi connectivity index (χ1n) is 32.4. The number of carboxylic acids is 3. The molecule has 0 bridgehead atoms. The molecule has 1 unspecified atom stereocenters. The van der Waals surface area contributed by atoms with E-state index in [1.54, 1.807) is 61.7 Å². The summed E-state index contributed by atoms with van der Waals surface area (Å²) < 4.78 is 11.7. The molecule has 11 amide bonds. The average Bonchev–Trinajstić information content (AvgIpc) is 1.68. The van der Waals surface area contributed by atoms with Gasteiger partial charge in [0.1, 0.15) is 35.0 Å². The van der Waals surface area contributed by atoms with Gasteiger partial charge in [0, 0.05) is 158 Å². The highest BCUT2D eigenvalue weighted by atomic mass is 16.4. The Balaban J connectivity index is 0.730. The molecule has 1 atom stereocenters. The number of aliphatic carboxylic acids is 3. The number of likely N-dealkylation sites (N-methyl/N-ethyl adjacent to an activating group) is 1. The van der Waals surface area contributed by atoms with Crippen molar-refractivity contribution in [2.45, 2.75) is 31.7 Å². The molecule has 0 fully saturated rings. The predicted octanol–water partition coefficient (Wildman–Crippen LogP) is -0.159. The lowest BCUT2D eigenvalue weighted by Gasteiger charge is -2.28. The van der Waals surface area contributed by atoms with Gasteiger partial charge in [0.05, 0.1) is 47.6 Å². The smallest absolute Gasteiger partial charge is 0.323 e. The van der Waals surface area contributed by atoms with Crippen LogP contribution in [0, 0.1) is 0 Å². The van der Waals surface area contributed by atoms with Crippen molar-refractivity contribution in [1.82, 2.24) is 82.6 Å². The minimum absolute atomic E-state index is 0.00781. The molecule has 0 radical (unpaired) electrons. The maximum absolute atomic E-state index is 13.5. The third-order valence-corrected chi connectivity index (χ3v) is 16.1. The van der Waals surface area contributed by atoms with Crippen LogP contribution in [0.15, 0.2) is 86.1 Å². The van der Waals surface area contributed by atoms with Gasteiger partial charge in [0.2, 0.25) is 29.4 Å². The largest absolute Gasteiger partial charge is 0.480 e. The first kappa shape index (κ1) is 78.3. The van der Waals surface area contributed by atoms with E-state index in [4.69, 9.17) is 10.2 Å². The summed E-state index contributed by atoms with van der Waals surface area (Å²) >= 11 is 0. The maximum Gasteiger partial charge on any atom is 0.323 e. The first-order chi connectivity index (χ1) is 50.2. The van der Waals surface area contributed by atoms with Gasteiger partial charge in [-0.15, -0.1) is 0 Å². The number of anilines is 7. The van der Waals surface area contributed by atoms with Gasteiger partial charge in [0.25, 0.3) is 47.3 Å². The van der Waals surface area contributed by atoms with Gasteiger partial charge >= 0.3 is 17.9 Å². The molecule has 8 heterocycles. The van der Waals surface area contributed by atoms with Crippen LogP contribution in [0.3, 0.4) is 0 Å². The van der Waals surface area contributed by atoms with E-state index in [-0.39, 0.29) is 133 Å². The first-order valence-corrected chi connectivity index (χ1v) is 32.4. The van der Waals surface area contributed by atoms with Gasteiger partial charge < -0.3 is 115 Å². The van der Waals surface area contributed by atoms with E-state index in [0.29, 0.717) is 11.4 Å². The van der Waals surface area contributed by atoms with Crippen LogP contribution in [0.5, 0.6) is 0 Å². The third kappa shape index (κ3) is 20.9. The molecule has 14 N–H and O–H groups in total. The Hall–Kier alpha value is -13.5. The van der Waals surface area contributed by atoms with Crippen molar-refractivity contribution in [1.29, 1.82) is 0 Å². The molecule has 41 nitrogen and oxygen atoms in total. The standard InChI is InChI=1S/C65H80N24O17/c1-66-41(65(106)89(35-53(96)97)20-19-88(33-51(92)93)34-52(94)95)12-15-67-49(90)13-16-70-58(99)43-23-38(28-82(43)4)73-60(101)45-24-39(29-84(45)6)74-63(104)55-76-47(31-86(55)8)78-61(102)46-21-36(26-83(46)5)71-50(91)11-10-14-69-57(98)42-22-37(27-81(42)3)72-59(100)44-25-40(30-85(44)7)75-64(105)56-77-48(32-87(56)9)79-62(103)54-68-17-18-80(54)2/h17-18,21-32,41,66H,10-16,19-20,33-35H2,1-9H3,(H,67,90)(H,69,98)(H,70,99)(H,71,91)(H,72,100)(H,73,101)(H,74,104)(H,75,105)(H,78,102)(H,79,103)(H,92,93)(H,94,95)(H,96,97). The Labute approximate surface area is 602 Å². The molecule has 0 aliphatic carbocycles. The lowest BCUT2D eigenvalue weighted by molar-refractivity contribution is -0.146. The second-order valence-corrected chi connectivity index (χ2v) is 24.4. The number of carboxylic acid groups (broad SMARTS) is 3. The number of rotatable bonds is 36. The van der Waals surface area contributed by atoms with Crippen molar-refractivity contribution >= 4 is 123 Å². The van der Waals surface area contributed by atoms with Crippen LogP contribution in [-0.2, 0) is 85.1 Å².